The first kappa shape index (κ1) is 10.3. The Morgan fingerprint density at radius 1 is 1.21 bits per heavy atom. The van der Waals surface area contributed by atoms with Crippen LogP contribution < -0.4 is 21.9 Å². The summed E-state index contributed by atoms with van der Waals surface area (Å²) in [5.41, 5.74) is -2.57. The Bertz CT molecular complexity index is 421. The predicted octanol–water partition coefficient (Wildman–Crippen LogP) is -1.55. The van der Waals surface area contributed by atoms with Crippen LogP contribution in [0.2, 0.25) is 0 Å². The van der Waals surface area contributed by atoms with E-state index in [4.69, 9.17) is 4.84 Å². The highest BCUT2D eigenvalue weighted by Crippen LogP contribution is 1.82. The molecule has 1 rings (SSSR count). The molecule has 2 N–H and O–H groups in total. The van der Waals surface area contributed by atoms with Crippen LogP contribution in [0.3, 0.4) is 0 Å². The first-order chi connectivity index (χ1) is 6.65. The van der Waals surface area contributed by atoms with E-state index in [2.05, 4.69) is 0 Å². The molecule has 0 spiro atoms. The summed E-state index contributed by atoms with van der Waals surface area (Å²) < 4.78 is 0.497. The number of H-pyrrole nitrogens is 2. The van der Waals surface area contributed by atoms with Gasteiger partial charge in [-0.25, -0.2) is 14.4 Å². The number of nitrogens with one attached hydrogen (secondary N) is 2. The van der Waals surface area contributed by atoms with Crippen LogP contribution in [0.4, 0.5) is 0 Å². The third kappa shape index (κ3) is 2.35. The van der Waals surface area contributed by atoms with Gasteiger partial charge in [-0.3, -0.25) is 9.97 Å². The van der Waals surface area contributed by atoms with Gasteiger partial charge in [-0.2, -0.15) is 0 Å². The largest absolute Gasteiger partial charge is 0.405 e. The van der Waals surface area contributed by atoms with Crippen LogP contribution in [0.1, 0.15) is 19.8 Å². The third-order valence-electron chi connectivity index (χ3n) is 1.53. The molecule has 0 aliphatic heterocycles. The second kappa shape index (κ2) is 4.45. The number of aromatic amines is 2. The summed E-state index contributed by atoms with van der Waals surface area (Å²) in [6.45, 7) is 2.20. The zero-order valence-electron chi connectivity index (χ0n) is 7.70. The van der Waals surface area contributed by atoms with Crippen molar-refractivity contribution < 1.29 is 4.84 Å². The highest BCUT2D eigenvalue weighted by molar-refractivity contribution is 4.64. The van der Waals surface area contributed by atoms with Gasteiger partial charge in [0.25, 0.3) is 0 Å². The fourth-order valence-corrected chi connectivity index (χ4v) is 0.837. The fraction of sp³-hybridized carbons (Fsp3) is 0.571. The van der Waals surface area contributed by atoms with Gasteiger partial charge in [0.1, 0.15) is 6.61 Å². The van der Waals surface area contributed by atoms with Crippen molar-refractivity contribution in [3.63, 3.8) is 0 Å². The lowest BCUT2D eigenvalue weighted by atomic mass is 10.4. The van der Waals surface area contributed by atoms with Gasteiger partial charge in [0, 0.05) is 0 Å². The maximum atomic E-state index is 11.0. The van der Waals surface area contributed by atoms with Crippen molar-refractivity contribution in [1.82, 2.24) is 14.7 Å². The molecular formula is C7H11N3O4. The van der Waals surface area contributed by atoms with Crippen LogP contribution in [-0.2, 0) is 0 Å². The smallest absolute Gasteiger partial charge is 0.367 e. The number of nitrogens with zero attached hydrogens (tertiary/aromatic N) is 1. The average Bonchev–Trinajstić information content (AvgIpc) is 2.09. The zero-order chi connectivity index (χ0) is 10.6. The minimum Gasteiger partial charge on any atom is -0.405 e. The molecular weight excluding hydrogens is 190 g/mol. The van der Waals surface area contributed by atoms with Crippen LogP contribution in [0.15, 0.2) is 14.4 Å². The molecule has 0 saturated carbocycles. The van der Waals surface area contributed by atoms with E-state index in [-0.39, 0.29) is 6.61 Å². The molecule has 0 aliphatic carbocycles. The Morgan fingerprint density at radius 2 is 1.79 bits per heavy atom. The van der Waals surface area contributed by atoms with Crippen molar-refractivity contribution in [2.45, 2.75) is 19.8 Å². The lowest BCUT2D eigenvalue weighted by Crippen LogP contribution is -2.46. The van der Waals surface area contributed by atoms with E-state index < -0.39 is 17.1 Å². The first-order valence-corrected chi connectivity index (χ1v) is 4.24. The van der Waals surface area contributed by atoms with E-state index in [1.807, 2.05) is 16.9 Å². The van der Waals surface area contributed by atoms with Crippen molar-refractivity contribution in [3.05, 3.63) is 31.5 Å². The minimum absolute atomic E-state index is 0.255. The maximum absolute atomic E-state index is 11.0. The summed E-state index contributed by atoms with van der Waals surface area (Å²) in [7, 11) is 0. The molecule has 7 nitrogen and oxygen atoms in total. The second-order valence-corrected chi connectivity index (χ2v) is 2.67. The Labute approximate surface area is 78.3 Å². The molecule has 7 heteroatoms. The molecule has 0 unspecified atom stereocenters. The maximum Gasteiger partial charge on any atom is 0.367 e. The molecule has 0 aromatic carbocycles. The fourth-order valence-electron chi connectivity index (χ4n) is 0.837. The topological polar surface area (TPSA) is 96.9 Å². The Hall–Kier alpha value is -1.79. The van der Waals surface area contributed by atoms with E-state index in [1.54, 1.807) is 0 Å². The molecule has 1 aromatic rings. The van der Waals surface area contributed by atoms with Crippen LogP contribution in [0, 0.1) is 0 Å². The van der Waals surface area contributed by atoms with Crippen molar-refractivity contribution in [1.29, 1.82) is 0 Å². The lowest BCUT2D eigenvalue weighted by molar-refractivity contribution is 0.0849. The minimum atomic E-state index is -0.866. The van der Waals surface area contributed by atoms with Gasteiger partial charge in [-0.15, -0.1) is 0 Å². The molecule has 0 bridgehead atoms. The summed E-state index contributed by atoms with van der Waals surface area (Å²) in [5.74, 6) is 0. The molecule has 0 saturated heterocycles. The highest BCUT2D eigenvalue weighted by Gasteiger charge is 2.02. The highest BCUT2D eigenvalue weighted by atomic mass is 16.7. The van der Waals surface area contributed by atoms with Gasteiger partial charge in [-0.1, -0.05) is 18.1 Å². The Morgan fingerprint density at radius 3 is 2.29 bits per heavy atom. The molecule has 78 valence electrons. The van der Waals surface area contributed by atoms with E-state index in [1.165, 1.54) is 0 Å². The van der Waals surface area contributed by atoms with Gasteiger partial charge in [0.15, 0.2) is 0 Å². The number of aromatic nitrogens is 3. The van der Waals surface area contributed by atoms with E-state index >= 15 is 0 Å². The predicted molar refractivity (Wildman–Crippen MR) is 48.3 cm³/mol. The van der Waals surface area contributed by atoms with Crippen molar-refractivity contribution in [2.24, 2.45) is 0 Å². The number of hydrogen-bond acceptors (Lipinski definition) is 4. The summed E-state index contributed by atoms with van der Waals surface area (Å²) in [6, 6.07) is 0. The molecule has 0 amide bonds. The second-order valence-electron chi connectivity index (χ2n) is 2.67. The van der Waals surface area contributed by atoms with E-state index in [0.717, 1.165) is 12.8 Å². The van der Waals surface area contributed by atoms with Gasteiger partial charge in [0.2, 0.25) is 0 Å². The van der Waals surface area contributed by atoms with E-state index in [9.17, 15) is 14.4 Å². The zero-order valence-corrected chi connectivity index (χ0v) is 7.70. The first-order valence-electron chi connectivity index (χ1n) is 4.24. The SMILES string of the molecule is CCCCOn1c(=O)[nH]c(=O)[nH]c1=O. The number of rotatable bonds is 4. The lowest BCUT2D eigenvalue weighted by Gasteiger charge is -2.03. The van der Waals surface area contributed by atoms with Crippen LogP contribution in [0.5, 0.6) is 0 Å². The molecule has 1 heterocycles. The van der Waals surface area contributed by atoms with Crippen LogP contribution in [-0.4, -0.2) is 21.3 Å². The number of hydrogen-bond donors (Lipinski definition) is 2. The summed E-state index contributed by atoms with van der Waals surface area (Å²) in [6.07, 6.45) is 1.61. The molecule has 0 aliphatic rings. The number of unbranched alkanes of at least 4 members (excludes halogenated alkanes) is 1. The van der Waals surface area contributed by atoms with Crippen molar-refractivity contribution in [3.8, 4) is 0 Å². The van der Waals surface area contributed by atoms with Crippen LogP contribution >= 0.6 is 0 Å². The average molecular weight is 201 g/mol. The standard InChI is InChI=1S/C7H11N3O4/c1-2-3-4-14-10-6(12)8-5(11)9-7(10)13/h2-4H2,1H3,(H2,8,9,11,12,13). The van der Waals surface area contributed by atoms with Gasteiger partial charge < -0.3 is 4.84 Å². The molecule has 14 heavy (non-hydrogen) atoms. The normalized spacial score (nSPS) is 10.1. The van der Waals surface area contributed by atoms with Crippen molar-refractivity contribution in [2.75, 3.05) is 6.61 Å². The Balaban J connectivity index is 2.93. The summed E-state index contributed by atoms with van der Waals surface area (Å²) >= 11 is 0. The molecule has 0 fully saturated rings. The van der Waals surface area contributed by atoms with Crippen molar-refractivity contribution >= 4 is 0 Å². The van der Waals surface area contributed by atoms with E-state index in [0.29, 0.717) is 4.73 Å². The summed E-state index contributed by atoms with van der Waals surface area (Å²) in [4.78, 5) is 41.3. The van der Waals surface area contributed by atoms with Crippen LogP contribution in [0.25, 0.3) is 0 Å². The quantitative estimate of drug-likeness (QED) is 0.576. The monoisotopic (exact) mass is 201 g/mol. The van der Waals surface area contributed by atoms with Gasteiger partial charge in [0.05, 0.1) is 0 Å². The molecule has 0 atom stereocenters. The third-order valence-corrected chi connectivity index (χ3v) is 1.53. The molecule has 1 aromatic heterocycles. The summed E-state index contributed by atoms with van der Waals surface area (Å²) in [5, 5.41) is 0. The van der Waals surface area contributed by atoms with Gasteiger partial charge >= 0.3 is 17.1 Å². The molecule has 0 radical (unpaired) electrons. The van der Waals surface area contributed by atoms with Gasteiger partial charge in [-0.05, 0) is 6.42 Å². The Kier molecular flexibility index (Phi) is 3.27.